The molecule has 0 aliphatic rings. The minimum Gasteiger partial charge on any atom is -0.342 e. The zero-order valence-corrected chi connectivity index (χ0v) is 18.6. The Morgan fingerprint density at radius 3 is 2.53 bits per heavy atom. The van der Waals surface area contributed by atoms with E-state index in [0.29, 0.717) is 32.3 Å². The summed E-state index contributed by atoms with van der Waals surface area (Å²) in [5.74, 6) is 0.313. The highest BCUT2D eigenvalue weighted by molar-refractivity contribution is 7.99. The van der Waals surface area contributed by atoms with Gasteiger partial charge in [-0.3, -0.25) is 9.59 Å². The fourth-order valence-electron chi connectivity index (χ4n) is 2.67. The SMILES string of the molecule is C[C@@H](NC(=O)c1ccc(Cl)cc1)c1nnc(SCC(=O)Nc2cccc(Cl)c2)n1C. The third-order valence-corrected chi connectivity index (χ3v) is 5.66. The summed E-state index contributed by atoms with van der Waals surface area (Å²) in [6.45, 7) is 1.82. The standard InChI is InChI=1S/C20H19Cl2N5O2S/c1-12(23-19(29)13-6-8-14(21)9-7-13)18-25-26-20(27(18)2)30-11-17(28)24-16-5-3-4-15(22)10-16/h3-10,12H,11H2,1-2H3,(H,23,29)(H,24,28)/t12-/m1/s1. The van der Waals surface area contributed by atoms with Gasteiger partial charge in [-0.25, -0.2) is 0 Å². The molecule has 0 saturated heterocycles. The second kappa shape index (κ2) is 9.97. The van der Waals surface area contributed by atoms with E-state index in [-0.39, 0.29) is 23.6 Å². The highest BCUT2D eigenvalue weighted by Crippen LogP contribution is 2.21. The van der Waals surface area contributed by atoms with Crippen LogP contribution in [-0.4, -0.2) is 32.3 Å². The van der Waals surface area contributed by atoms with Gasteiger partial charge in [-0.05, 0) is 49.4 Å². The summed E-state index contributed by atoms with van der Waals surface area (Å²) in [6, 6.07) is 13.2. The van der Waals surface area contributed by atoms with Gasteiger partial charge in [0.25, 0.3) is 5.91 Å². The van der Waals surface area contributed by atoms with Crippen LogP contribution in [0.25, 0.3) is 0 Å². The van der Waals surface area contributed by atoms with E-state index >= 15 is 0 Å². The molecular weight excluding hydrogens is 445 g/mol. The monoisotopic (exact) mass is 463 g/mol. The molecule has 2 N–H and O–H groups in total. The van der Waals surface area contributed by atoms with Crippen molar-refractivity contribution in [2.75, 3.05) is 11.1 Å². The summed E-state index contributed by atoms with van der Waals surface area (Å²) in [5.41, 5.74) is 1.13. The molecule has 3 rings (SSSR count). The fourth-order valence-corrected chi connectivity index (χ4v) is 3.70. The van der Waals surface area contributed by atoms with Gasteiger partial charge in [0.1, 0.15) is 0 Å². The number of rotatable bonds is 7. The number of amides is 2. The number of benzene rings is 2. The van der Waals surface area contributed by atoms with Crippen LogP contribution in [0.1, 0.15) is 29.1 Å². The van der Waals surface area contributed by atoms with Crippen molar-refractivity contribution in [2.24, 2.45) is 7.05 Å². The minimum atomic E-state index is -0.375. The molecule has 30 heavy (non-hydrogen) atoms. The summed E-state index contributed by atoms with van der Waals surface area (Å²) in [4.78, 5) is 24.6. The van der Waals surface area contributed by atoms with Crippen LogP contribution in [0.3, 0.4) is 0 Å². The molecule has 0 aliphatic carbocycles. The van der Waals surface area contributed by atoms with Crippen molar-refractivity contribution in [3.63, 3.8) is 0 Å². The predicted molar refractivity (Wildman–Crippen MR) is 119 cm³/mol. The van der Waals surface area contributed by atoms with Crippen LogP contribution in [0.5, 0.6) is 0 Å². The van der Waals surface area contributed by atoms with Gasteiger partial charge >= 0.3 is 0 Å². The topological polar surface area (TPSA) is 88.9 Å². The molecule has 1 aromatic heterocycles. The molecule has 0 radical (unpaired) electrons. The Kier molecular flexibility index (Phi) is 7.36. The molecule has 7 nitrogen and oxygen atoms in total. The average molecular weight is 464 g/mol. The maximum Gasteiger partial charge on any atom is 0.251 e. The molecule has 2 aromatic carbocycles. The van der Waals surface area contributed by atoms with Crippen LogP contribution in [0.4, 0.5) is 5.69 Å². The lowest BCUT2D eigenvalue weighted by atomic mass is 10.2. The van der Waals surface area contributed by atoms with E-state index in [2.05, 4.69) is 20.8 Å². The molecule has 1 atom stereocenters. The van der Waals surface area contributed by atoms with Crippen molar-refractivity contribution in [1.29, 1.82) is 0 Å². The largest absolute Gasteiger partial charge is 0.342 e. The van der Waals surface area contributed by atoms with Gasteiger partial charge in [0, 0.05) is 28.3 Å². The minimum absolute atomic E-state index is 0.157. The lowest BCUT2D eigenvalue weighted by Crippen LogP contribution is -2.28. The second-order valence-corrected chi connectivity index (χ2v) is 8.26. The second-order valence-electron chi connectivity index (χ2n) is 6.45. The van der Waals surface area contributed by atoms with Gasteiger partial charge in [0.2, 0.25) is 5.91 Å². The van der Waals surface area contributed by atoms with Gasteiger partial charge < -0.3 is 15.2 Å². The number of nitrogens with one attached hydrogen (secondary N) is 2. The van der Waals surface area contributed by atoms with Crippen molar-refractivity contribution in [2.45, 2.75) is 18.1 Å². The van der Waals surface area contributed by atoms with Crippen LogP contribution in [0.2, 0.25) is 10.0 Å². The van der Waals surface area contributed by atoms with Crippen molar-refractivity contribution in [3.8, 4) is 0 Å². The molecule has 0 saturated carbocycles. The van der Waals surface area contributed by atoms with Crippen LogP contribution in [-0.2, 0) is 11.8 Å². The van der Waals surface area contributed by atoms with E-state index < -0.39 is 0 Å². The fraction of sp³-hybridized carbons (Fsp3) is 0.200. The molecule has 0 bridgehead atoms. The Morgan fingerprint density at radius 1 is 1.10 bits per heavy atom. The lowest BCUT2D eigenvalue weighted by Gasteiger charge is -2.13. The van der Waals surface area contributed by atoms with Crippen molar-refractivity contribution in [3.05, 3.63) is 70.0 Å². The first-order valence-corrected chi connectivity index (χ1v) is 10.7. The molecular formula is C20H19Cl2N5O2S. The Hall–Kier alpha value is -2.55. The number of thioether (sulfide) groups is 1. The number of hydrogen-bond donors (Lipinski definition) is 2. The van der Waals surface area contributed by atoms with E-state index in [1.54, 1.807) is 60.1 Å². The zero-order valence-electron chi connectivity index (χ0n) is 16.2. The Bertz CT molecular complexity index is 1060. The van der Waals surface area contributed by atoms with E-state index in [0.717, 1.165) is 0 Å². The Labute approximate surface area is 188 Å². The number of hydrogen-bond acceptors (Lipinski definition) is 5. The summed E-state index contributed by atoms with van der Waals surface area (Å²) < 4.78 is 1.75. The number of aromatic nitrogens is 3. The summed E-state index contributed by atoms with van der Waals surface area (Å²) in [7, 11) is 1.79. The van der Waals surface area contributed by atoms with Crippen molar-refractivity contribution in [1.82, 2.24) is 20.1 Å². The van der Waals surface area contributed by atoms with Crippen molar-refractivity contribution < 1.29 is 9.59 Å². The Morgan fingerprint density at radius 2 is 1.83 bits per heavy atom. The first-order chi connectivity index (χ1) is 14.3. The summed E-state index contributed by atoms with van der Waals surface area (Å²) >= 11 is 13.0. The van der Waals surface area contributed by atoms with Gasteiger partial charge in [0.05, 0.1) is 11.8 Å². The average Bonchev–Trinajstić information content (AvgIpc) is 3.07. The van der Waals surface area contributed by atoms with Crippen LogP contribution in [0.15, 0.2) is 53.7 Å². The normalized spacial score (nSPS) is 11.7. The Balaban J connectivity index is 1.57. The molecule has 10 heteroatoms. The highest BCUT2D eigenvalue weighted by atomic mass is 35.5. The maximum absolute atomic E-state index is 12.4. The molecule has 0 fully saturated rings. The number of carbonyl (C=O) groups is 2. The van der Waals surface area contributed by atoms with Gasteiger partial charge in [-0.1, -0.05) is 41.0 Å². The molecule has 0 aliphatic heterocycles. The van der Waals surface area contributed by atoms with Crippen LogP contribution >= 0.6 is 35.0 Å². The first-order valence-electron chi connectivity index (χ1n) is 8.97. The highest BCUT2D eigenvalue weighted by Gasteiger charge is 2.19. The molecule has 1 heterocycles. The summed E-state index contributed by atoms with van der Waals surface area (Å²) in [6.07, 6.45) is 0. The van der Waals surface area contributed by atoms with E-state index in [9.17, 15) is 9.59 Å². The zero-order chi connectivity index (χ0) is 21.7. The molecule has 3 aromatic rings. The van der Waals surface area contributed by atoms with Gasteiger partial charge in [-0.15, -0.1) is 10.2 Å². The first kappa shape index (κ1) is 22.1. The third-order valence-electron chi connectivity index (χ3n) is 4.15. The maximum atomic E-state index is 12.4. The lowest BCUT2D eigenvalue weighted by molar-refractivity contribution is -0.113. The predicted octanol–water partition coefficient (Wildman–Crippen LogP) is 4.34. The van der Waals surface area contributed by atoms with E-state index in [4.69, 9.17) is 23.2 Å². The molecule has 2 amide bonds. The van der Waals surface area contributed by atoms with Gasteiger partial charge in [0.15, 0.2) is 11.0 Å². The quantitative estimate of drug-likeness (QED) is 0.508. The van der Waals surface area contributed by atoms with E-state index in [1.165, 1.54) is 11.8 Å². The van der Waals surface area contributed by atoms with E-state index in [1.807, 2.05) is 6.92 Å². The number of anilines is 1. The number of nitrogens with zero attached hydrogens (tertiary/aromatic N) is 3. The van der Waals surface area contributed by atoms with Crippen LogP contribution in [0, 0.1) is 0 Å². The van der Waals surface area contributed by atoms with Gasteiger partial charge in [-0.2, -0.15) is 0 Å². The summed E-state index contributed by atoms with van der Waals surface area (Å²) in [5, 5.41) is 15.6. The molecule has 156 valence electrons. The number of halogens is 2. The molecule has 0 unspecified atom stereocenters. The number of carbonyl (C=O) groups excluding carboxylic acids is 2. The smallest absolute Gasteiger partial charge is 0.251 e. The molecule has 0 spiro atoms. The van der Waals surface area contributed by atoms with Crippen LogP contribution < -0.4 is 10.6 Å². The third kappa shape index (κ3) is 5.75. The van der Waals surface area contributed by atoms with Crippen molar-refractivity contribution >= 4 is 52.5 Å².